The molecule has 0 saturated heterocycles. The number of esters is 1. The number of carbonyl (C=O) groups is 1. The van der Waals surface area contributed by atoms with Gasteiger partial charge in [-0.3, -0.25) is 4.79 Å². The van der Waals surface area contributed by atoms with Crippen molar-refractivity contribution in [2.24, 2.45) is 0 Å². The molecule has 0 aliphatic rings. The number of nitrogens with one attached hydrogen (secondary N) is 1. The average Bonchev–Trinajstić information content (AvgIpc) is 2.29. The van der Waals surface area contributed by atoms with Gasteiger partial charge in [-0.05, 0) is 37.6 Å². The molecule has 1 aromatic rings. The van der Waals surface area contributed by atoms with Gasteiger partial charge in [-0.2, -0.15) is 0 Å². The fraction of sp³-hybridized carbons (Fsp3) is 0.462. The monoisotopic (exact) mass is 255 g/mol. The van der Waals surface area contributed by atoms with E-state index >= 15 is 0 Å². The van der Waals surface area contributed by atoms with Gasteiger partial charge < -0.3 is 10.1 Å². The molecule has 0 amide bonds. The van der Waals surface area contributed by atoms with E-state index in [0.29, 0.717) is 13.0 Å². The molecule has 1 aromatic carbocycles. The van der Waals surface area contributed by atoms with Crippen LogP contribution in [0, 0.1) is 0 Å². The SMILES string of the molecule is CCOC(=O)CCCNCc1cccc(Cl)c1. The summed E-state index contributed by atoms with van der Waals surface area (Å²) in [5.41, 5.74) is 1.15. The van der Waals surface area contributed by atoms with Crippen LogP contribution in [-0.4, -0.2) is 19.1 Å². The van der Waals surface area contributed by atoms with Crippen LogP contribution in [-0.2, 0) is 16.1 Å². The normalized spacial score (nSPS) is 10.2. The topological polar surface area (TPSA) is 38.3 Å². The number of benzene rings is 1. The van der Waals surface area contributed by atoms with Crippen LogP contribution in [0.1, 0.15) is 25.3 Å². The first-order valence-electron chi connectivity index (χ1n) is 5.83. The second-order valence-corrected chi connectivity index (χ2v) is 4.15. The molecule has 0 aromatic heterocycles. The lowest BCUT2D eigenvalue weighted by molar-refractivity contribution is -0.143. The van der Waals surface area contributed by atoms with Crippen LogP contribution < -0.4 is 5.32 Å². The number of hydrogen-bond donors (Lipinski definition) is 1. The number of hydrogen-bond acceptors (Lipinski definition) is 3. The van der Waals surface area contributed by atoms with Crippen molar-refractivity contribution in [3.05, 3.63) is 34.9 Å². The van der Waals surface area contributed by atoms with Gasteiger partial charge in [0.1, 0.15) is 0 Å². The van der Waals surface area contributed by atoms with Gasteiger partial charge in [0.25, 0.3) is 0 Å². The van der Waals surface area contributed by atoms with E-state index in [2.05, 4.69) is 5.32 Å². The molecule has 0 fully saturated rings. The van der Waals surface area contributed by atoms with Crippen molar-refractivity contribution >= 4 is 17.6 Å². The van der Waals surface area contributed by atoms with Crippen LogP contribution in [0.5, 0.6) is 0 Å². The Morgan fingerprint density at radius 2 is 2.29 bits per heavy atom. The Balaban J connectivity index is 2.10. The minimum Gasteiger partial charge on any atom is -0.466 e. The second kappa shape index (κ2) is 8.09. The van der Waals surface area contributed by atoms with Crippen molar-refractivity contribution in [2.45, 2.75) is 26.3 Å². The zero-order chi connectivity index (χ0) is 12.5. The van der Waals surface area contributed by atoms with Crippen molar-refractivity contribution in [3.8, 4) is 0 Å². The first kappa shape index (κ1) is 14.0. The average molecular weight is 256 g/mol. The molecule has 0 atom stereocenters. The zero-order valence-corrected chi connectivity index (χ0v) is 10.8. The van der Waals surface area contributed by atoms with Gasteiger partial charge in [0.15, 0.2) is 0 Å². The van der Waals surface area contributed by atoms with Crippen molar-refractivity contribution in [2.75, 3.05) is 13.2 Å². The standard InChI is InChI=1S/C13H18ClNO2/c1-2-17-13(16)7-4-8-15-10-11-5-3-6-12(14)9-11/h3,5-6,9,15H,2,4,7-8,10H2,1H3. The Morgan fingerprint density at radius 1 is 1.47 bits per heavy atom. The first-order valence-corrected chi connectivity index (χ1v) is 6.21. The number of halogens is 1. The van der Waals surface area contributed by atoms with Crippen LogP contribution in [0.15, 0.2) is 24.3 Å². The lowest BCUT2D eigenvalue weighted by atomic mass is 10.2. The maximum absolute atomic E-state index is 11.1. The summed E-state index contributed by atoms with van der Waals surface area (Å²) in [5, 5.41) is 4.01. The molecular formula is C13H18ClNO2. The quantitative estimate of drug-likeness (QED) is 0.601. The molecule has 17 heavy (non-hydrogen) atoms. The van der Waals surface area contributed by atoms with E-state index in [-0.39, 0.29) is 5.97 Å². The molecule has 0 unspecified atom stereocenters. The third-order valence-corrected chi connectivity index (χ3v) is 2.49. The molecule has 0 bridgehead atoms. The Morgan fingerprint density at radius 3 is 3.00 bits per heavy atom. The maximum atomic E-state index is 11.1. The minimum absolute atomic E-state index is 0.128. The highest BCUT2D eigenvalue weighted by Crippen LogP contribution is 2.10. The highest BCUT2D eigenvalue weighted by molar-refractivity contribution is 6.30. The summed E-state index contributed by atoms with van der Waals surface area (Å²) in [6.07, 6.45) is 1.26. The fourth-order valence-electron chi connectivity index (χ4n) is 1.47. The van der Waals surface area contributed by atoms with Crippen molar-refractivity contribution in [1.29, 1.82) is 0 Å². The summed E-state index contributed by atoms with van der Waals surface area (Å²) in [6, 6.07) is 7.73. The predicted molar refractivity (Wildman–Crippen MR) is 69.0 cm³/mol. The molecule has 0 aliphatic carbocycles. The van der Waals surface area contributed by atoms with E-state index in [1.165, 1.54) is 0 Å². The van der Waals surface area contributed by atoms with E-state index in [0.717, 1.165) is 30.1 Å². The second-order valence-electron chi connectivity index (χ2n) is 3.72. The van der Waals surface area contributed by atoms with Crippen LogP contribution in [0.4, 0.5) is 0 Å². The van der Waals surface area contributed by atoms with Crippen LogP contribution >= 0.6 is 11.6 Å². The molecule has 94 valence electrons. The summed E-state index contributed by atoms with van der Waals surface area (Å²) in [7, 11) is 0. The van der Waals surface area contributed by atoms with E-state index in [9.17, 15) is 4.79 Å². The van der Waals surface area contributed by atoms with Gasteiger partial charge in [0.05, 0.1) is 6.61 Å². The molecule has 0 saturated carbocycles. The Hall–Kier alpha value is -1.06. The van der Waals surface area contributed by atoms with Gasteiger partial charge in [0.2, 0.25) is 0 Å². The highest BCUT2D eigenvalue weighted by Gasteiger charge is 2.00. The lowest BCUT2D eigenvalue weighted by Gasteiger charge is -2.05. The molecular weight excluding hydrogens is 238 g/mol. The lowest BCUT2D eigenvalue weighted by Crippen LogP contribution is -2.16. The largest absolute Gasteiger partial charge is 0.466 e. The van der Waals surface area contributed by atoms with Gasteiger partial charge in [-0.1, -0.05) is 23.7 Å². The number of rotatable bonds is 7. The van der Waals surface area contributed by atoms with Gasteiger partial charge in [-0.15, -0.1) is 0 Å². The molecule has 0 heterocycles. The van der Waals surface area contributed by atoms with Gasteiger partial charge in [0, 0.05) is 18.0 Å². The smallest absolute Gasteiger partial charge is 0.305 e. The van der Waals surface area contributed by atoms with Crippen LogP contribution in [0.25, 0.3) is 0 Å². The minimum atomic E-state index is -0.128. The summed E-state index contributed by atoms with van der Waals surface area (Å²) in [5.74, 6) is -0.128. The first-order chi connectivity index (χ1) is 8.22. The van der Waals surface area contributed by atoms with E-state index < -0.39 is 0 Å². The number of carbonyl (C=O) groups excluding carboxylic acids is 1. The van der Waals surface area contributed by atoms with Crippen LogP contribution in [0.2, 0.25) is 5.02 Å². The summed E-state index contributed by atoms with van der Waals surface area (Å²) in [4.78, 5) is 11.1. The highest BCUT2D eigenvalue weighted by atomic mass is 35.5. The van der Waals surface area contributed by atoms with E-state index in [4.69, 9.17) is 16.3 Å². The van der Waals surface area contributed by atoms with Gasteiger partial charge >= 0.3 is 5.97 Å². The molecule has 0 aliphatic heterocycles. The zero-order valence-electron chi connectivity index (χ0n) is 10.0. The van der Waals surface area contributed by atoms with Crippen molar-refractivity contribution in [3.63, 3.8) is 0 Å². The molecule has 1 N–H and O–H groups in total. The fourth-order valence-corrected chi connectivity index (χ4v) is 1.68. The molecule has 0 spiro atoms. The Bertz CT molecular complexity index is 355. The predicted octanol–water partition coefficient (Wildman–Crippen LogP) is 2.77. The molecule has 1 rings (SSSR count). The van der Waals surface area contributed by atoms with E-state index in [1.807, 2.05) is 31.2 Å². The maximum Gasteiger partial charge on any atom is 0.305 e. The van der Waals surface area contributed by atoms with E-state index in [1.54, 1.807) is 0 Å². The summed E-state index contributed by atoms with van der Waals surface area (Å²) >= 11 is 5.87. The molecule has 3 nitrogen and oxygen atoms in total. The number of ether oxygens (including phenoxy) is 1. The summed E-state index contributed by atoms with van der Waals surface area (Å²) < 4.78 is 4.84. The summed E-state index contributed by atoms with van der Waals surface area (Å²) in [6.45, 7) is 3.83. The van der Waals surface area contributed by atoms with Crippen molar-refractivity contribution in [1.82, 2.24) is 5.32 Å². The Kier molecular flexibility index (Phi) is 6.67. The van der Waals surface area contributed by atoms with Gasteiger partial charge in [-0.25, -0.2) is 0 Å². The molecule has 0 radical (unpaired) electrons. The molecule has 4 heteroatoms. The van der Waals surface area contributed by atoms with Crippen molar-refractivity contribution < 1.29 is 9.53 Å². The Labute approximate surface area is 107 Å². The third kappa shape index (κ3) is 6.29. The third-order valence-electron chi connectivity index (χ3n) is 2.26. The van der Waals surface area contributed by atoms with Crippen LogP contribution in [0.3, 0.4) is 0 Å².